The summed E-state index contributed by atoms with van der Waals surface area (Å²) in [4.78, 5) is 6.42. The molecular formula is C28H27FN6O. The van der Waals surface area contributed by atoms with E-state index in [2.05, 4.69) is 49.2 Å². The molecule has 182 valence electrons. The molecule has 1 N–H and O–H groups in total. The molecule has 4 heterocycles. The zero-order valence-electron chi connectivity index (χ0n) is 20.1. The van der Waals surface area contributed by atoms with Crippen LogP contribution in [0.25, 0.3) is 33.3 Å². The van der Waals surface area contributed by atoms with Gasteiger partial charge in [0, 0.05) is 59.8 Å². The van der Waals surface area contributed by atoms with E-state index >= 15 is 0 Å². The number of aromatic amines is 1. The molecule has 5 aromatic rings. The van der Waals surface area contributed by atoms with Gasteiger partial charge in [0.2, 0.25) is 0 Å². The van der Waals surface area contributed by atoms with Crippen LogP contribution in [0.1, 0.15) is 24.4 Å². The monoisotopic (exact) mass is 482 g/mol. The molecular weight excluding hydrogens is 455 g/mol. The number of pyridine rings is 1. The number of hydrogen-bond acceptors (Lipinski definition) is 5. The van der Waals surface area contributed by atoms with Crippen molar-refractivity contribution >= 4 is 10.9 Å². The van der Waals surface area contributed by atoms with Gasteiger partial charge in [-0.05, 0) is 55.3 Å². The third kappa shape index (κ3) is 4.35. The molecule has 8 heteroatoms. The average molecular weight is 483 g/mol. The Morgan fingerprint density at radius 2 is 1.94 bits per heavy atom. The predicted octanol–water partition coefficient (Wildman–Crippen LogP) is 5.47. The number of benzene rings is 2. The lowest BCUT2D eigenvalue weighted by atomic mass is 10.0. The topological polar surface area (TPSA) is 71.9 Å². The molecule has 3 aromatic heterocycles. The van der Waals surface area contributed by atoms with Gasteiger partial charge in [-0.15, -0.1) is 0 Å². The van der Waals surface area contributed by atoms with Crippen LogP contribution >= 0.6 is 0 Å². The van der Waals surface area contributed by atoms with Crippen molar-refractivity contribution in [2.45, 2.75) is 25.4 Å². The molecule has 0 bridgehead atoms. The normalized spacial score (nSPS) is 16.4. The zero-order valence-corrected chi connectivity index (χ0v) is 20.1. The van der Waals surface area contributed by atoms with E-state index in [0.29, 0.717) is 17.9 Å². The highest BCUT2D eigenvalue weighted by Gasteiger charge is 2.23. The van der Waals surface area contributed by atoms with E-state index in [0.717, 1.165) is 59.2 Å². The minimum absolute atomic E-state index is 0.223. The summed E-state index contributed by atoms with van der Waals surface area (Å²) in [6.07, 6.45) is 9.70. The first kappa shape index (κ1) is 22.4. The molecule has 1 aliphatic rings. The number of likely N-dealkylation sites (tertiary alicyclic amines) is 1. The SMILES string of the molecule is COc1ccc(CN2CCC[C@@H](n3cc(-c4ccc5[nH]nc(-c6ccncc6)c5c4)cn3)C2)c(F)c1. The first-order chi connectivity index (χ1) is 17.7. The van der Waals surface area contributed by atoms with Crippen LogP contribution in [-0.4, -0.2) is 50.1 Å². The van der Waals surface area contributed by atoms with Gasteiger partial charge >= 0.3 is 0 Å². The van der Waals surface area contributed by atoms with Crippen LogP contribution in [0.15, 0.2) is 73.3 Å². The molecule has 0 unspecified atom stereocenters. The van der Waals surface area contributed by atoms with Crippen LogP contribution in [0, 0.1) is 5.82 Å². The third-order valence-corrected chi connectivity index (χ3v) is 6.96. The molecule has 1 atom stereocenters. The predicted molar refractivity (Wildman–Crippen MR) is 137 cm³/mol. The summed E-state index contributed by atoms with van der Waals surface area (Å²) < 4.78 is 21.7. The van der Waals surface area contributed by atoms with E-state index in [1.807, 2.05) is 30.5 Å². The second kappa shape index (κ2) is 9.54. The summed E-state index contributed by atoms with van der Waals surface area (Å²) in [5.74, 6) is 0.317. The average Bonchev–Trinajstić information content (AvgIpc) is 3.58. The van der Waals surface area contributed by atoms with Gasteiger partial charge in [0.05, 0.1) is 24.9 Å². The first-order valence-electron chi connectivity index (χ1n) is 12.2. The third-order valence-electron chi connectivity index (χ3n) is 6.96. The summed E-state index contributed by atoms with van der Waals surface area (Å²) in [7, 11) is 1.55. The Morgan fingerprint density at radius 1 is 1.06 bits per heavy atom. The summed E-state index contributed by atoms with van der Waals surface area (Å²) >= 11 is 0. The van der Waals surface area contributed by atoms with Gasteiger partial charge in [0.1, 0.15) is 17.3 Å². The fourth-order valence-corrected chi connectivity index (χ4v) is 5.03. The molecule has 0 amide bonds. The van der Waals surface area contributed by atoms with Gasteiger partial charge in [-0.1, -0.05) is 12.1 Å². The van der Waals surface area contributed by atoms with Crippen molar-refractivity contribution in [1.82, 2.24) is 29.9 Å². The molecule has 0 saturated carbocycles. The Bertz CT molecular complexity index is 1490. The standard InChI is InChI=1S/C28H27FN6O/c1-36-24-6-4-21(26(29)14-24)16-34-12-2-3-23(18-34)35-17-22(15-31-35)20-5-7-27-25(13-20)28(33-32-27)19-8-10-30-11-9-19/h4-11,13-15,17,23H,2-3,12,16,18H2,1H3,(H,32,33)/t23-/m1/s1. The van der Waals surface area contributed by atoms with E-state index in [4.69, 9.17) is 9.84 Å². The number of H-pyrrole nitrogens is 1. The molecule has 36 heavy (non-hydrogen) atoms. The molecule has 6 rings (SSSR count). The fraction of sp³-hybridized carbons (Fsp3) is 0.250. The second-order valence-electron chi connectivity index (χ2n) is 9.27. The smallest absolute Gasteiger partial charge is 0.131 e. The van der Waals surface area contributed by atoms with Crippen molar-refractivity contribution in [2.24, 2.45) is 0 Å². The number of rotatable bonds is 6. The lowest BCUT2D eigenvalue weighted by Gasteiger charge is -2.33. The van der Waals surface area contributed by atoms with Crippen LogP contribution in [0.2, 0.25) is 0 Å². The Morgan fingerprint density at radius 3 is 2.78 bits per heavy atom. The Kier molecular flexibility index (Phi) is 5.95. The van der Waals surface area contributed by atoms with Gasteiger partial charge in [-0.25, -0.2) is 4.39 Å². The molecule has 7 nitrogen and oxygen atoms in total. The molecule has 1 saturated heterocycles. The lowest BCUT2D eigenvalue weighted by Crippen LogP contribution is -2.36. The maximum atomic E-state index is 14.5. The van der Waals surface area contributed by atoms with Crippen LogP contribution < -0.4 is 4.74 Å². The highest BCUT2D eigenvalue weighted by molar-refractivity contribution is 5.95. The molecule has 2 aromatic carbocycles. The molecule has 1 fully saturated rings. The van der Waals surface area contributed by atoms with Crippen LogP contribution in [0.3, 0.4) is 0 Å². The van der Waals surface area contributed by atoms with Crippen molar-refractivity contribution in [3.8, 4) is 28.1 Å². The fourth-order valence-electron chi connectivity index (χ4n) is 5.03. The number of halogens is 1. The lowest BCUT2D eigenvalue weighted by molar-refractivity contribution is 0.161. The van der Waals surface area contributed by atoms with Crippen molar-refractivity contribution in [3.63, 3.8) is 0 Å². The van der Waals surface area contributed by atoms with Gasteiger partial charge in [0.15, 0.2) is 0 Å². The Labute approximate surface area is 208 Å². The summed E-state index contributed by atoms with van der Waals surface area (Å²) in [6, 6.07) is 15.6. The summed E-state index contributed by atoms with van der Waals surface area (Å²) in [5.41, 5.74) is 5.79. The number of methoxy groups -OCH3 is 1. The van der Waals surface area contributed by atoms with E-state index in [-0.39, 0.29) is 11.9 Å². The Balaban J connectivity index is 1.21. The zero-order chi connectivity index (χ0) is 24.5. The molecule has 0 aliphatic carbocycles. The first-order valence-corrected chi connectivity index (χ1v) is 12.2. The van der Waals surface area contributed by atoms with Crippen molar-refractivity contribution < 1.29 is 9.13 Å². The second-order valence-corrected chi connectivity index (χ2v) is 9.27. The van der Waals surface area contributed by atoms with Crippen LogP contribution in [-0.2, 0) is 6.54 Å². The van der Waals surface area contributed by atoms with Crippen molar-refractivity contribution in [3.05, 3.63) is 84.7 Å². The van der Waals surface area contributed by atoms with Gasteiger partial charge in [0.25, 0.3) is 0 Å². The number of ether oxygens (including phenoxy) is 1. The van der Waals surface area contributed by atoms with Crippen LogP contribution in [0.5, 0.6) is 5.75 Å². The number of nitrogens with one attached hydrogen (secondary N) is 1. The number of nitrogens with zero attached hydrogens (tertiary/aromatic N) is 5. The van der Waals surface area contributed by atoms with Crippen LogP contribution in [0.4, 0.5) is 4.39 Å². The van der Waals surface area contributed by atoms with Crippen molar-refractivity contribution in [2.75, 3.05) is 20.2 Å². The summed E-state index contributed by atoms with van der Waals surface area (Å²) in [6.45, 7) is 2.36. The molecule has 0 radical (unpaired) electrons. The van der Waals surface area contributed by atoms with E-state index in [1.54, 1.807) is 19.5 Å². The highest BCUT2D eigenvalue weighted by Crippen LogP contribution is 2.31. The van der Waals surface area contributed by atoms with E-state index in [9.17, 15) is 4.39 Å². The van der Waals surface area contributed by atoms with Gasteiger partial charge < -0.3 is 4.74 Å². The van der Waals surface area contributed by atoms with Crippen molar-refractivity contribution in [1.29, 1.82) is 0 Å². The largest absolute Gasteiger partial charge is 0.497 e. The Hall–Kier alpha value is -4.04. The maximum Gasteiger partial charge on any atom is 0.131 e. The summed E-state index contributed by atoms with van der Waals surface area (Å²) in [5, 5.41) is 13.4. The van der Waals surface area contributed by atoms with E-state index < -0.39 is 0 Å². The molecule has 0 spiro atoms. The molecule has 1 aliphatic heterocycles. The number of aromatic nitrogens is 5. The number of fused-ring (bicyclic) bond motifs is 1. The quantitative estimate of drug-likeness (QED) is 0.347. The number of piperidine rings is 1. The minimum atomic E-state index is -0.223. The van der Waals surface area contributed by atoms with E-state index in [1.165, 1.54) is 6.07 Å². The number of hydrogen-bond donors (Lipinski definition) is 1. The van der Waals surface area contributed by atoms with Gasteiger partial charge in [-0.3, -0.25) is 19.7 Å². The minimum Gasteiger partial charge on any atom is -0.497 e. The van der Waals surface area contributed by atoms with Gasteiger partial charge in [-0.2, -0.15) is 10.2 Å². The maximum absolute atomic E-state index is 14.5. The highest BCUT2D eigenvalue weighted by atomic mass is 19.1.